The first-order valence-corrected chi connectivity index (χ1v) is 13.2. The third-order valence-corrected chi connectivity index (χ3v) is 6.69. The van der Waals surface area contributed by atoms with Gasteiger partial charge < -0.3 is 19.9 Å². The lowest BCUT2D eigenvalue weighted by molar-refractivity contribution is -0.117. The van der Waals surface area contributed by atoms with E-state index in [4.69, 9.17) is 9.26 Å². The predicted molar refractivity (Wildman–Crippen MR) is 152 cm³/mol. The van der Waals surface area contributed by atoms with Crippen LogP contribution in [-0.2, 0) is 14.9 Å². The van der Waals surface area contributed by atoms with Crippen LogP contribution in [0.5, 0.6) is 0 Å². The van der Waals surface area contributed by atoms with Crippen molar-refractivity contribution in [3.05, 3.63) is 66.4 Å². The van der Waals surface area contributed by atoms with Crippen molar-refractivity contribution < 1.29 is 18.8 Å². The zero-order chi connectivity index (χ0) is 28.3. The van der Waals surface area contributed by atoms with Crippen molar-refractivity contribution in [3.8, 4) is 16.8 Å². The summed E-state index contributed by atoms with van der Waals surface area (Å²) in [5.41, 5.74) is 4.35. The average molecular weight is 544 g/mol. The van der Waals surface area contributed by atoms with Gasteiger partial charge >= 0.3 is 6.03 Å². The number of hydrogen-bond donors (Lipinski definition) is 3. The molecule has 0 aliphatic carbocycles. The van der Waals surface area contributed by atoms with Gasteiger partial charge in [-0.1, -0.05) is 32.0 Å². The number of aryl methyl sites for hydroxylation is 1. The largest absolute Gasteiger partial charge is 0.381 e. The number of pyridine rings is 1. The number of urea groups is 1. The second-order valence-electron chi connectivity index (χ2n) is 11.0. The van der Waals surface area contributed by atoms with Crippen molar-refractivity contribution in [2.24, 2.45) is 5.92 Å². The molecule has 40 heavy (non-hydrogen) atoms. The van der Waals surface area contributed by atoms with Crippen LogP contribution in [-0.4, -0.2) is 45.1 Å². The molecule has 5 rings (SSSR count). The van der Waals surface area contributed by atoms with Crippen LogP contribution in [0.15, 0.2) is 59.6 Å². The number of benzene rings is 1. The fourth-order valence-corrected chi connectivity index (χ4v) is 4.44. The number of hydrogen-bond acceptors (Lipinski definition) is 7. The van der Waals surface area contributed by atoms with E-state index in [1.54, 1.807) is 35.4 Å². The molecule has 0 saturated carbocycles. The quantitative estimate of drug-likeness (QED) is 0.278. The molecule has 0 bridgehead atoms. The maximum absolute atomic E-state index is 12.7. The first-order valence-electron chi connectivity index (χ1n) is 13.2. The molecule has 208 valence electrons. The Morgan fingerprint density at radius 2 is 1.95 bits per heavy atom. The number of aromatic nitrogens is 4. The summed E-state index contributed by atoms with van der Waals surface area (Å²) in [7, 11) is 0. The van der Waals surface area contributed by atoms with Crippen LogP contribution in [0.4, 0.5) is 22.0 Å². The van der Waals surface area contributed by atoms with Crippen LogP contribution < -0.4 is 16.0 Å². The van der Waals surface area contributed by atoms with E-state index >= 15 is 0 Å². The van der Waals surface area contributed by atoms with Crippen molar-refractivity contribution in [2.75, 3.05) is 29.2 Å². The van der Waals surface area contributed by atoms with Gasteiger partial charge in [0.05, 0.1) is 17.6 Å². The number of anilines is 3. The number of carbonyl (C=O) groups excluding carboxylic acids is 2. The standard InChI is InChI=1S/C29H33N7O4/c1-18-5-6-21(32-28(38)34-26-13-25(40-35-26)29(2,3)4)12-24(18)36-16-20(14-31-36)22-15-30-9-7-23(22)33-27(37)11-19-8-10-39-17-19/h5-7,9,12-16,19H,8,10-11,17H2,1-4H3,(H,30,33,37)(H2,32,34,35,38). The van der Waals surface area contributed by atoms with Crippen molar-refractivity contribution >= 4 is 29.1 Å². The molecule has 1 aliphatic rings. The minimum Gasteiger partial charge on any atom is -0.381 e. The number of ether oxygens (including phenoxy) is 1. The van der Waals surface area contributed by atoms with Gasteiger partial charge in [-0.05, 0) is 43.0 Å². The summed E-state index contributed by atoms with van der Waals surface area (Å²) < 4.78 is 12.5. The van der Waals surface area contributed by atoms with E-state index < -0.39 is 6.03 Å². The summed E-state index contributed by atoms with van der Waals surface area (Å²) in [6.07, 6.45) is 8.27. The van der Waals surface area contributed by atoms with E-state index in [1.165, 1.54) is 0 Å². The van der Waals surface area contributed by atoms with Gasteiger partial charge in [0.1, 0.15) is 5.76 Å². The number of carbonyl (C=O) groups is 2. The van der Waals surface area contributed by atoms with E-state index in [0.717, 1.165) is 28.8 Å². The molecule has 1 atom stereocenters. The Morgan fingerprint density at radius 1 is 1.10 bits per heavy atom. The van der Waals surface area contributed by atoms with E-state index in [-0.39, 0.29) is 17.2 Å². The maximum atomic E-state index is 12.7. The first kappa shape index (κ1) is 27.1. The lowest BCUT2D eigenvalue weighted by Gasteiger charge is -2.12. The molecule has 1 aliphatic heterocycles. The Morgan fingerprint density at radius 3 is 2.70 bits per heavy atom. The molecule has 4 aromatic rings. The molecule has 4 heterocycles. The van der Waals surface area contributed by atoms with Gasteiger partial charge in [-0.2, -0.15) is 5.10 Å². The third-order valence-electron chi connectivity index (χ3n) is 6.69. The molecule has 3 N–H and O–H groups in total. The molecule has 1 saturated heterocycles. The molecule has 1 unspecified atom stereocenters. The number of amides is 3. The zero-order valence-corrected chi connectivity index (χ0v) is 23.0. The normalized spacial score (nSPS) is 15.2. The van der Waals surface area contributed by atoms with Gasteiger partial charge in [-0.3, -0.25) is 15.1 Å². The van der Waals surface area contributed by atoms with Crippen LogP contribution in [0.25, 0.3) is 16.8 Å². The minimum atomic E-state index is -0.440. The van der Waals surface area contributed by atoms with Gasteiger partial charge in [0, 0.05) is 66.5 Å². The lowest BCUT2D eigenvalue weighted by atomic mass is 9.93. The fourth-order valence-electron chi connectivity index (χ4n) is 4.44. The van der Waals surface area contributed by atoms with Crippen molar-refractivity contribution in [2.45, 2.75) is 46.0 Å². The summed E-state index contributed by atoms with van der Waals surface area (Å²) in [5.74, 6) is 1.21. The van der Waals surface area contributed by atoms with Gasteiger partial charge in [0.15, 0.2) is 5.82 Å². The Labute approximate surface area is 232 Å². The third kappa shape index (κ3) is 6.37. The fraction of sp³-hybridized carbons (Fsp3) is 0.345. The van der Waals surface area contributed by atoms with Gasteiger partial charge in [-0.15, -0.1) is 0 Å². The lowest BCUT2D eigenvalue weighted by Crippen LogP contribution is -2.19. The van der Waals surface area contributed by atoms with Crippen molar-refractivity contribution in [3.63, 3.8) is 0 Å². The summed E-state index contributed by atoms with van der Waals surface area (Å²) in [4.78, 5) is 29.5. The summed E-state index contributed by atoms with van der Waals surface area (Å²) in [6, 6.07) is 8.61. The number of rotatable bonds is 7. The van der Waals surface area contributed by atoms with E-state index in [9.17, 15) is 9.59 Å². The highest BCUT2D eigenvalue weighted by Crippen LogP contribution is 2.29. The van der Waals surface area contributed by atoms with Crippen molar-refractivity contribution in [1.29, 1.82) is 0 Å². The molecule has 0 spiro atoms. The molecule has 3 aromatic heterocycles. The Balaban J connectivity index is 1.29. The van der Waals surface area contributed by atoms with Gasteiger partial charge in [0.2, 0.25) is 5.91 Å². The van der Waals surface area contributed by atoms with Gasteiger partial charge in [0.25, 0.3) is 0 Å². The molecular weight excluding hydrogens is 510 g/mol. The number of nitrogens with one attached hydrogen (secondary N) is 3. The molecule has 0 radical (unpaired) electrons. The van der Waals surface area contributed by atoms with Crippen LogP contribution in [0.3, 0.4) is 0 Å². The summed E-state index contributed by atoms with van der Waals surface area (Å²) >= 11 is 0. The monoisotopic (exact) mass is 543 g/mol. The van der Waals surface area contributed by atoms with Crippen molar-refractivity contribution in [1.82, 2.24) is 19.9 Å². The second kappa shape index (κ2) is 11.3. The van der Waals surface area contributed by atoms with Gasteiger partial charge in [-0.25, -0.2) is 9.48 Å². The average Bonchev–Trinajstić information content (AvgIpc) is 3.68. The topological polar surface area (TPSA) is 136 Å². The van der Waals surface area contributed by atoms with Crippen LogP contribution >= 0.6 is 0 Å². The van der Waals surface area contributed by atoms with E-state index in [0.29, 0.717) is 42.6 Å². The predicted octanol–water partition coefficient (Wildman–Crippen LogP) is 5.54. The highest BCUT2D eigenvalue weighted by Gasteiger charge is 2.21. The minimum absolute atomic E-state index is 0.0523. The Hall–Kier alpha value is -4.51. The highest BCUT2D eigenvalue weighted by molar-refractivity contribution is 5.99. The highest BCUT2D eigenvalue weighted by atomic mass is 16.5. The van der Waals surface area contributed by atoms with Crippen LogP contribution in [0, 0.1) is 12.8 Å². The second-order valence-corrected chi connectivity index (χ2v) is 11.0. The zero-order valence-electron chi connectivity index (χ0n) is 23.0. The Kier molecular flexibility index (Phi) is 7.65. The van der Waals surface area contributed by atoms with E-state index in [1.807, 2.05) is 52.1 Å². The maximum Gasteiger partial charge on any atom is 0.324 e. The summed E-state index contributed by atoms with van der Waals surface area (Å²) in [5, 5.41) is 17.0. The molecule has 3 amide bonds. The molecule has 11 heteroatoms. The first-order chi connectivity index (χ1) is 19.2. The molecule has 1 aromatic carbocycles. The smallest absolute Gasteiger partial charge is 0.324 e. The summed E-state index contributed by atoms with van der Waals surface area (Å²) in [6.45, 7) is 9.31. The molecular formula is C29H33N7O4. The SMILES string of the molecule is Cc1ccc(NC(=O)Nc2cc(C(C)(C)C)on2)cc1-n1cc(-c2cnccc2NC(=O)CC2CCOC2)cn1. The number of nitrogens with zero attached hydrogens (tertiary/aromatic N) is 4. The van der Waals surface area contributed by atoms with E-state index in [2.05, 4.69) is 31.2 Å². The molecule has 1 fully saturated rings. The Bertz CT molecular complexity index is 1510. The van der Waals surface area contributed by atoms with Crippen LogP contribution in [0.1, 0.15) is 44.9 Å². The van der Waals surface area contributed by atoms with Crippen LogP contribution in [0.2, 0.25) is 0 Å². The molecule has 11 nitrogen and oxygen atoms in total.